The van der Waals surface area contributed by atoms with Crippen molar-refractivity contribution in [2.75, 3.05) is 13.2 Å². The minimum absolute atomic E-state index is 0.190. The summed E-state index contributed by atoms with van der Waals surface area (Å²) in [4.78, 5) is 18.9. The lowest BCUT2D eigenvalue weighted by Crippen LogP contribution is -2.64. The lowest BCUT2D eigenvalue weighted by atomic mass is 9.97. The molecule has 1 aliphatic heterocycles. The molecule has 1 aromatic heterocycles. The summed E-state index contributed by atoms with van der Waals surface area (Å²) in [5, 5.41) is 51.9. The van der Waals surface area contributed by atoms with Gasteiger partial charge in [-0.25, -0.2) is 0 Å². The quantitative estimate of drug-likeness (QED) is 0.230. The first-order valence-electron chi connectivity index (χ1n) is 11.9. The predicted molar refractivity (Wildman–Crippen MR) is 127 cm³/mol. The standard InChI is InChI=1S/C25H35N3O7/c29-16-20-23(32)24(33)22(25(34)35-20)27-21(31)11-2-1-7-13-28(15-18-9-5-6-12-26-18)14-17-8-3-4-10-19(17)30/h3-6,8-10,12,20,22-25,29-30,32-34H,1-2,7,11,13-16H2,(H,27,31)/t20-,22-,23-,24-,25?/m1/s1. The van der Waals surface area contributed by atoms with Crippen LogP contribution in [-0.4, -0.2) is 85.1 Å². The van der Waals surface area contributed by atoms with Crippen molar-refractivity contribution in [3.63, 3.8) is 0 Å². The highest BCUT2D eigenvalue weighted by molar-refractivity contribution is 5.76. The van der Waals surface area contributed by atoms with Crippen LogP contribution < -0.4 is 5.32 Å². The third-order valence-electron chi connectivity index (χ3n) is 6.10. The lowest BCUT2D eigenvalue weighted by Gasteiger charge is -2.40. The third kappa shape index (κ3) is 7.96. The molecular weight excluding hydrogens is 454 g/mol. The van der Waals surface area contributed by atoms with Gasteiger partial charge in [-0.3, -0.25) is 14.7 Å². The van der Waals surface area contributed by atoms with Gasteiger partial charge >= 0.3 is 0 Å². The maximum absolute atomic E-state index is 12.3. The van der Waals surface area contributed by atoms with E-state index < -0.39 is 37.3 Å². The van der Waals surface area contributed by atoms with Crippen LogP contribution in [0, 0.1) is 0 Å². The monoisotopic (exact) mass is 489 g/mol. The Morgan fingerprint density at radius 1 is 1.00 bits per heavy atom. The zero-order chi connectivity index (χ0) is 25.2. The van der Waals surface area contributed by atoms with Crippen molar-refractivity contribution < 1.29 is 35.1 Å². The summed E-state index contributed by atoms with van der Waals surface area (Å²) in [6.45, 7) is 1.38. The van der Waals surface area contributed by atoms with E-state index in [1.807, 2.05) is 30.3 Å². The van der Waals surface area contributed by atoms with Crippen molar-refractivity contribution in [1.82, 2.24) is 15.2 Å². The predicted octanol–water partition coefficient (Wildman–Crippen LogP) is 0.266. The van der Waals surface area contributed by atoms with Gasteiger partial charge in [0.2, 0.25) is 5.91 Å². The van der Waals surface area contributed by atoms with Crippen LogP contribution in [0.4, 0.5) is 0 Å². The van der Waals surface area contributed by atoms with E-state index in [1.165, 1.54) is 0 Å². The molecule has 35 heavy (non-hydrogen) atoms. The molecule has 0 saturated carbocycles. The number of carbonyl (C=O) groups excluding carboxylic acids is 1. The number of nitrogens with zero attached hydrogens (tertiary/aromatic N) is 2. The minimum atomic E-state index is -1.52. The van der Waals surface area contributed by atoms with Gasteiger partial charge in [-0.15, -0.1) is 0 Å². The van der Waals surface area contributed by atoms with Crippen LogP contribution in [0.1, 0.15) is 36.9 Å². The van der Waals surface area contributed by atoms with Gasteiger partial charge in [0, 0.05) is 31.3 Å². The minimum Gasteiger partial charge on any atom is -0.508 e. The summed E-state index contributed by atoms with van der Waals surface area (Å²) in [6, 6.07) is 11.8. The Morgan fingerprint density at radius 3 is 2.49 bits per heavy atom. The van der Waals surface area contributed by atoms with E-state index in [1.54, 1.807) is 18.3 Å². The summed E-state index contributed by atoms with van der Waals surface area (Å²) in [7, 11) is 0. The SMILES string of the molecule is O=C(CCCCCN(Cc1ccccn1)Cc1ccccc1O)N[C@H]1C(O)O[C@H](CO)[C@@H](O)[C@@H]1O. The van der Waals surface area contributed by atoms with Crippen LogP contribution in [0.2, 0.25) is 0 Å². The van der Waals surface area contributed by atoms with Crippen molar-refractivity contribution in [2.45, 2.75) is 69.4 Å². The molecular formula is C25H35N3O7. The van der Waals surface area contributed by atoms with E-state index in [9.17, 15) is 25.2 Å². The molecule has 0 bridgehead atoms. The average Bonchev–Trinajstić information content (AvgIpc) is 2.85. The highest BCUT2D eigenvalue weighted by Crippen LogP contribution is 2.21. The molecule has 192 valence electrons. The van der Waals surface area contributed by atoms with Gasteiger partial charge in [-0.2, -0.15) is 0 Å². The number of carbonyl (C=O) groups is 1. The smallest absolute Gasteiger partial charge is 0.220 e. The summed E-state index contributed by atoms with van der Waals surface area (Å²) >= 11 is 0. The van der Waals surface area contributed by atoms with Gasteiger partial charge < -0.3 is 35.6 Å². The number of aliphatic hydroxyl groups excluding tert-OH is 4. The van der Waals surface area contributed by atoms with E-state index in [0.29, 0.717) is 19.5 Å². The molecule has 10 heteroatoms. The summed E-state index contributed by atoms with van der Waals surface area (Å²) in [6.07, 6.45) is -1.37. The normalized spacial score (nSPS) is 24.4. The Hall–Kier alpha value is -2.60. The Kier molecular flexibility index (Phi) is 10.4. The zero-order valence-electron chi connectivity index (χ0n) is 19.6. The third-order valence-corrected chi connectivity index (χ3v) is 6.10. The summed E-state index contributed by atoms with van der Waals surface area (Å²) < 4.78 is 5.06. The molecule has 2 aromatic rings. The number of aromatic nitrogens is 1. The Balaban J connectivity index is 1.44. The van der Waals surface area contributed by atoms with Crippen molar-refractivity contribution in [2.24, 2.45) is 0 Å². The van der Waals surface area contributed by atoms with Gasteiger partial charge in [-0.1, -0.05) is 30.7 Å². The van der Waals surface area contributed by atoms with Gasteiger partial charge in [-0.05, 0) is 37.6 Å². The van der Waals surface area contributed by atoms with Gasteiger partial charge in [0.15, 0.2) is 6.29 Å². The molecule has 5 atom stereocenters. The second-order valence-electron chi connectivity index (χ2n) is 8.79. The highest BCUT2D eigenvalue weighted by Gasteiger charge is 2.44. The number of hydrogen-bond donors (Lipinski definition) is 6. The number of unbranched alkanes of at least 4 members (excludes halogenated alkanes) is 2. The summed E-state index contributed by atoms with van der Waals surface area (Å²) in [5.41, 5.74) is 1.76. The maximum atomic E-state index is 12.3. The molecule has 1 amide bonds. The number of para-hydroxylation sites is 1. The van der Waals surface area contributed by atoms with Crippen LogP contribution in [-0.2, 0) is 22.6 Å². The Bertz CT molecular complexity index is 917. The molecule has 1 aromatic carbocycles. The number of phenolic OH excluding ortho intramolecular Hbond substituents is 1. The molecule has 1 aliphatic rings. The molecule has 0 radical (unpaired) electrons. The number of ether oxygens (including phenoxy) is 1. The molecule has 1 fully saturated rings. The molecule has 10 nitrogen and oxygen atoms in total. The summed E-state index contributed by atoms with van der Waals surface area (Å²) in [5.74, 6) is -0.118. The molecule has 0 spiro atoms. The molecule has 0 aliphatic carbocycles. The molecule has 2 heterocycles. The number of benzene rings is 1. The van der Waals surface area contributed by atoms with Crippen LogP contribution in [0.5, 0.6) is 5.75 Å². The fourth-order valence-corrected chi connectivity index (χ4v) is 4.13. The van der Waals surface area contributed by atoms with Crippen molar-refractivity contribution >= 4 is 5.91 Å². The first kappa shape index (κ1) is 27.0. The van der Waals surface area contributed by atoms with Gasteiger partial charge in [0.05, 0.1) is 12.3 Å². The Morgan fingerprint density at radius 2 is 1.77 bits per heavy atom. The largest absolute Gasteiger partial charge is 0.508 e. The van der Waals surface area contributed by atoms with E-state index in [4.69, 9.17) is 9.84 Å². The molecule has 6 N–H and O–H groups in total. The van der Waals surface area contributed by atoms with E-state index in [2.05, 4.69) is 15.2 Å². The van der Waals surface area contributed by atoms with Gasteiger partial charge in [0.1, 0.15) is 30.1 Å². The van der Waals surface area contributed by atoms with Crippen molar-refractivity contribution in [3.8, 4) is 5.75 Å². The van der Waals surface area contributed by atoms with E-state index in [0.717, 1.165) is 30.6 Å². The Labute approximate surface area is 204 Å². The maximum Gasteiger partial charge on any atom is 0.220 e. The van der Waals surface area contributed by atoms with Crippen LogP contribution >= 0.6 is 0 Å². The number of rotatable bonds is 12. The molecule has 1 saturated heterocycles. The fourth-order valence-electron chi connectivity index (χ4n) is 4.13. The number of nitrogens with one attached hydrogen (secondary N) is 1. The second-order valence-corrected chi connectivity index (χ2v) is 8.79. The first-order chi connectivity index (χ1) is 16.9. The first-order valence-corrected chi connectivity index (χ1v) is 11.9. The van der Waals surface area contributed by atoms with Crippen molar-refractivity contribution in [3.05, 3.63) is 59.9 Å². The lowest BCUT2D eigenvalue weighted by molar-refractivity contribution is -0.253. The zero-order valence-corrected chi connectivity index (χ0v) is 19.6. The number of phenols is 1. The fraction of sp³-hybridized carbons (Fsp3) is 0.520. The number of aromatic hydroxyl groups is 1. The second kappa shape index (κ2) is 13.5. The van der Waals surface area contributed by atoms with Crippen LogP contribution in [0.15, 0.2) is 48.7 Å². The molecule has 1 unspecified atom stereocenters. The highest BCUT2D eigenvalue weighted by atomic mass is 16.6. The van der Waals surface area contributed by atoms with E-state index >= 15 is 0 Å². The van der Waals surface area contributed by atoms with E-state index in [-0.39, 0.29) is 18.1 Å². The van der Waals surface area contributed by atoms with Crippen LogP contribution in [0.25, 0.3) is 0 Å². The number of pyridine rings is 1. The van der Waals surface area contributed by atoms with Crippen molar-refractivity contribution in [1.29, 1.82) is 0 Å². The number of aliphatic hydroxyl groups is 4. The number of amides is 1. The molecule has 3 rings (SSSR count). The average molecular weight is 490 g/mol. The van der Waals surface area contributed by atoms with Gasteiger partial charge in [0.25, 0.3) is 0 Å². The topological polar surface area (TPSA) is 156 Å². The number of hydrogen-bond acceptors (Lipinski definition) is 9. The van der Waals surface area contributed by atoms with Crippen LogP contribution in [0.3, 0.4) is 0 Å².